The summed E-state index contributed by atoms with van der Waals surface area (Å²) in [5.41, 5.74) is 2.00. The third-order valence-corrected chi connectivity index (χ3v) is 4.72. The van der Waals surface area contributed by atoms with Gasteiger partial charge in [0.15, 0.2) is 0 Å². The second kappa shape index (κ2) is 7.13. The predicted octanol–water partition coefficient (Wildman–Crippen LogP) is 1.47. The zero-order valence-electron chi connectivity index (χ0n) is 14.1. The van der Waals surface area contributed by atoms with Gasteiger partial charge in [-0.25, -0.2) is 9.97 Å². The van der Waals surface area contributed by atoms with Crippen LogP contribution in [0.4, 0.5) is 5.95 Å². The van der Waals surface area contributed by atoms with Gasteiger partial charge in [0.1, 0.15) is 0 Å². The Kier molecular flexibility index (Phi) is 4.54. The molecule has 1 saturated heterocycles. The van der Waals surface area contributed by atoms with Gasteiger partial charge in [-0.15, -0.1) is 0 Å². The van der Waals surface area contributed by atoms with Crippen LogP contribution in [0.5, 0.6) is 0 Å². The maximum absolute atomic E-state index is 12.2. The molecule has 1 atom stereocenters. The number of hydrogen-bond donors (Lipinski definition) is 1. The maximum Gasteiger partial charge on any atom is 0.225 e. The summed E-state index contributed by atoms with van der Waals surface area (Å²) in [5, 5.41) is 3.11. The van der Waals surface area contributed by atoms with Crippen LogP contribution >= 0.6 is 0 Å². The molecule has 1 unspecified atom stereocenters. The second-order valence-corrected chi connectivity index (χ2v) is 6.75. The lowest BCUT2D eigenvalue weighted by Gasteiger charge is -2.17. The highest BCUT2D eigenvalue weighted by Crippen LogP contribution is 2.39. The van der Waals surface area contributed by atoms with Crippen LogP contribution in [0.2, 0.25) is 0 Å². The van der Waals surface area contributed by atoms with Gasteiger partial charge in [-0.2, -0.15) is 0 Å². The fourth-order valence-corrected chi connectivity index (χ4v) is 3.18. The quantitative estimate of drug-likeness (QED) is 0.859. The van der Waals surface area contributed by atoms with Gasteiger partial charge in [0.05, 0.1) is 5.69 Å². The minimum Gasteiger partial charge on any atom is -0.352 e. The van der Waals surface area contributed by atoms with Crippen molar-refractivity contribution in [3.05, 3.63) is 42.2 Å². The van der Waals surface area contributed by atoms with E-state index in [1.54, 1.807) is 18.6 Å². The highest BCUT2D eigenvalue weighted by Gasteiger charge is 2.28. The molecule has 1 N–H and O–H groups in total. The van der Waals surface area contributed by atoms with E-state index in [0.717, 1.165) is 36.8 Å². The van der Waals surface area contributed by atoms with E-state index < -0.39 is 0 Å². The van der Waals surface area contributed by atoms with Crippen LogP contribution in [-0.2, 0) is 11.2 Å². The van der Waals surface area contributed by atoms with E-state index in [9.17, 15) is 4.79 Å². The summed E-state index contributed by atoms with van der Waals surface area (Å²) in [6.45, 7) is 1.65. The van der Waals surface area contributed by atoms with E-state index in [1.807, 2.05) is 12.3 Å². The van der Waals surface area contributed by atoms with Crippen molar-refractivity contribution >= 4 is 11.9 Å². The number of aryl methyl sites for hydroxylation is 1. The van der Waals surface area contributed by atoms with Gasteiger partial charge in [-0.3, -0.25) is 14.8 Å². The lowest BCUT2D eigenvalue weighted by molar-refractivity contribution is -0.121. The van der Waals surface area contributed by atoms with Crippen molar-refractivity contribution in [1.82, 2.24) is 25.3 Å². The van der Waals surface area contributed by atoms with Gasteiger partial charge in [0, 0.05) is 62.0 Å². The summed E-state index contributed by atoms with van der Waals surface area (Å²) in [7, 11) is 0. The predicted molar refractivity (Wildman–Crippen MR) is 93.1 cm³/mol. The normalized spacial score (nSPS) is 19.8. The summed E-state index contributed by atoms with van der Waals surface area (Å²) in [4.78, 5) is 31.6. The van der Waals surface area contributed by atoms with Crippen LogP contribution in [0.3, 0.4) is 0 Å². The molecule has 4 rings (SSSR count). The lowest BCUT2D eigenvalue weighted by atomic mass is 10.2. The molecular weight excluding hydrogens is 316 g/mol. The first-order valence-corrected chi connectivity index (χ1v) is 8.90. The summed E-state index contributed by atoms with van der Waals surface area (Å²) >= 11 is 0. The first kappa shape index (κ1) is 15.9. The number of carbonyl (C=O) groups excluding carboxylic acids is 1. The Morgan fingerprint density at radius 1 is 1.20 bits per heavy atom. The first-order valence-electron chi connectivity index (χ1n) is 8.90. The van der Waals surface area contributed by atoms with E-state index in [2.05, 4.69) is 25.2 Å². The van der Waals surface area contributed by atoms with E-state index in [4.69, 9.17) is 4.98 Å². The molecule has 1 aliphatic heterocycles. The molecule has 25 heavy (non-hydrogen) atoms. The van der Waals surface area contributed by atoms with Crippen LogP contribution in [0.25, 0.3) is 0 Å². The average molecular weight is 338 g/mol. The van der Waals surface area contributed by atoms with E-state index in [1.165, 1.54) is 12.8 Å². The fraction of sp³-hybridized carbons (Fsp3) is 0.500. The molecule has 0 radical (unpaired) electrons. The Labute approximate surface area is 146 Å². The average Bonchev–Trinajstić information content (AvgIpc) is 3.41. The Bertz CT molecular complexity index is 733. The summed E-state index contributed by atoms with van der Waals surface area (Å²) in [6, 6.07) is 2.17. The molecule has 0 aromatic carbocycles. The number of aromatic nitrogens is 4. The molecule has 2 fully saturated rings. The molecule has 1 aliphatic carbocycles. The molecule has 2 aliphatic rings. The molecule has 130 valence electrons. The molecular formula is C18H22N6O. The standard InChI is InChI=1S/C18H22N6O/c25-17(4-3-14-11-19-8-9-20-14)22-15-6-10-24(12-15)18-21-7-5-16(23-18)13-1-2-13/h5,7-9,11,13,15H,1-4,6,10,12H2,(H,22,25). The number of hydrogen-bond acceptors (Lipinski definition) is 6. The highest BCUT2D eigenvalue weighted by atomic mass is 16.1. The number of nitrogens with one attached hydrogen (secondary N) is 1. The Balaban J connectivity index is 1.27. The molecule has 3 heterocycles. The molecule has 0 spiro atoms. The molecule has 7 nitrogen and oxygen atoms in total. The molecule has 2 aromatic rings. The SMILES string of the molecule is O=C(CCc1cnccn1)NC1CCN(c2nccc(C3CC3)n2)C1. The number of rotatable bonds is 6. The number of carbonyl (C=O) groups is 1. The summed E-state index contributed by atoms with van der Waals surface area (Å²) < 4.78 is 0. The molecule has 7 heteroatoms. The van der Waals surface area contributed by atoms with Gasteiger partial charge in [0.25, 0.3) is 0 Å². The molecule has 2 aromatic heterocycles. The van der Waals surface area contributed by atoms with Crippen LogP contribution in [0.15, 0.2) is 30.9 Å². The molecule has 0 bridgehead atoms. The van der Waals surface area contributed by atoms with Crippen molar-refractivity contribution in [3.8, 4) is 0 Å². The minimum atomic E-state index is 0.0603. The molecule has 1 saturated carbocycles. The number of anilines is 1. The monoisotopic (exact) mass is 338 g/mol. The van der Waals surface area contributed by atoms with Crippen molar-refractivity contribution in [3.63, 3.8) is 0 Å². The Hall–Kier alpha value is -2.57. The van der Waals surface area contributed by atoms with Crippen molar-refractivity contribution in [2.24, 2.45) is 0 Å². The smallest absolute Gasteiger partial charge is 0.225 e. The summed E-state index contributed by atoms with van der Waals surface area (Å²) in [6.07, 6.45) is 11.3. The number of amides is 1. The summed E-state index contributed by atoms with van der Waals surface area (Å²) in [5.74, 6) is 1.48. The Morgan fingerprint density at radius 3 is 2.92 bits per heavy atom. The third kappa shape index (κ3) is 4.10. The second-order valence-electron chi connectivity index (χ2n) is 6.75. The lowest BCUT2D eigenvalue weighted by Crippen LogP contribution is -2.37. The zero-order valence-corrected chi connectivity index (χ0v) is 14.1. The van der Waals surface area contributed by atoms with Gasteiger partial charge < -0.3 is 10.2 Å². The van der Waals surface area contributed by atoms with Gasteiger partial charge in [0.2, 0.25) is 11.9 Å². The van der Waals surface area contributed by atoms with Crippen molar-refractivity contribution in [2.75, 3.05) is 18.0 Å². The maximum atomic E-state index is 12.2. The van der Waals surface area contributed by atoms with Crippen molar-refractivity contribution in [1.29, 1.82) is 0 Å². The van der Waals surface area contributed by atoms with Gasteiger partial charge in [-0.1, -0.05) is 0 Å². The van der Waals surface area contributed by atoms with E-state index in [0.29, 0.717) is 18.8 Å². The molecule has 1 amide bonds. The first-order chi connectivity index (χ1) is 12.3. The highest BCUT2D eigenvalue weighted by molar-refractivity contribution is 5.76. The van der Waals surface area contributed by atoms with Crippen LogP contribution in [0.1, 0.15) is 43.0 Å². The topological polar surface area (TPSA) is 83.9 Å². The largest absolute Gasteiger partial charge is 0.352 e. The Morgan fingerprint density at radius 2 is 2.12 bits per heavy atom. The van der Waals surface area contributed by atoms with Gasteiger partial charge >= 0.3 is 0 Å². The van der Waals surface area contributed by atoms with Crippen molar-refractivity contribution < 1.29 is 4.79 Å². The van der Waals surface area contributed by atoms with Crippen LogP contribution in [0, 0.1) is 0 Å². The van der Waals surface area contributed by atoms with Crippen molar-refractivity contribution in [2.45, 2.75) is 44.1 Å². The van der Waals surface area contributed by atoms with Crippen LogP contribution in [-0.4, -0.2) is 45.0 Å². The zero-order chi connectivity index (χ0) is 17.1. The fourth-order valence-electron chi connectivity index (χ4n) is 3.18. The minimum absolute atomic E-state index is 0.0603. The van der Waals surface area contributed by atoms with E-state index >= 15 is 0 Å². The van der Waals surface area contributed by atoms with Gasteiger partial charge in [-0.05, 0) is 31.7 Å². The number of nitrogens with zero attached hydrogens (tertiary/aromatic N) is 5. The third-order valence-electron chi connectivity index (χ3n) is 4.72. The van der Waals surface area contributed by atoms with E-state index in [-0.39, 0.29) is 11.9 Å². The van der Waals surface area contributed by atoms with Crippen LogP contribution < -0.4 is 10.2 Å².